The summed E-state index contributed by atoms with van der Waals surface area (Å²) in [5, 5.41) is 0. The SMILES string of the molecule is CN(CCN)S(=O)(=O)NCC(F)(F)F. The number of likely N-dealkylation sites (N-methyl/N-ethyl adjacent to an activating group) is 1. The Balaban J connectivity index is 4.22. The van der Waals surface area contributed by atoms with Crippen molar-refractivity contribution < 1.29 is 21.6 Å². The predicted molar refractivity (Wildman–Crippen MR) is 44.7 cm³/mol. The molecule has 0 heterocycles. The second kappa shape index (κ2) is 4.91. The number of nitrogens with zero attached hydrogens (tertiary/aromatic N) is 1. The van der Waals surface area contributed by atoms with Gasteiger partial charge in [-0.3, -0.25) is 0 Å². The summed E-state index contributed by atoms with van der Waals surface area (Å²) in [5.74, 6) is 0. The number of rotatable bonds is 5. The zero-order chi connectivity index (χ0) is 11.4. The van der Waals surface area contributed by atoms with Crippen molar-refractivity contribution in [3.63, 3.8) is 0 Å². The fraction of sp³-hybridized carbons (Fsp3) is 1.00. The van der Waals surface area contributed by atoms with Gasteiger partial charge in [0.25, 0.3) is 10.2 Å². The van der Waals surface area contributed by atoms with Gasteiger partial charge >= 0.3 is 6.18 Å². The first-order valence-corrected chi connectivity index (χ1v) is 5.11. The van der Waals surface area contributed by atoms with Gasteiger partial charge in [-0.15, -0.1) is 0 Å². The molecule has 0 aliphatic rings. The average molecular weight is 235 g/mol. The maximum Gasteiger partial charge on any atom is 0.402 e. The van der Waals surface area contributed by atoms with E-state index in [4.69, 9.17) is 5.73 Å². The van der Waals surface area contributed by atoms with E-state index < -0.39 is 22.9 Å². The molecule has 0 aliphatic heterocycles. The molecule has 0 amide bonds. The van der Waals surface area contributed by atoms with Crippen LogP contribution in [0.4, 0.5) is 13.2 Å². The van der Waals surface area contributed by atoms with Crippen LogP contribution < -0.4 is 10.5 Å². The second-order valence-electron chi connectivity index (χ2n) is 2.55. The van der Waals surface area contributed by atoms with Crippen molar-refractivity contribution in [1.82, 2.24) is 9.03 Å². The molecule has 0 radical (unpaired) electrons. The second-order valence-corrected chi connectivity index (χ2v) is 4.41. The van der Waals surface area contributed by atoms with Crippen molar-refractivity contribution in [1.29, 1.82) is 0 Å². The van der Waals surface area contributed by atoms with Crippen LogP contribution in [0.25, 0.3) is 0 Å². The molecule has 3 N–H and O–H groups in total. The largest absolute Gasteiger partial charge is 0.402 e. The average Bonchev–Trinajstić information content (AvgIpc) is 2.00. The molecule has 0 bridgehead atoms. The first-order chi connectivity index (χ1) is 6.19. The fourth-order valence-electron chi connectivity index (χ4n) is 0.585. The van der Waals surface area contributed by atoms with Gasteiger partial charge in [-0.05, 0) is 0 Å². The Hall–Kier alpha value is -0.380. The van der Waals surface area contributed by atoms with Crippen LogP contribution in [0.1, 0.15) is 0 Å². The molecule has 0 unspecified atom stereocenters. The Kier molecular flexibility index (Phi) is 4.78. The fourth-order valence-corrected chi connectivity index (χ4v) is 1.50. The predicted octanol–water partition coefficient (Wildman–Crippen LogP) is -0.726. The van der Waals surface area contributed by atoms with E-state index in [1.807, 2.05) is 0 Å². The lowest BCUT2D eigenvalue weighted by Crippen LogP contribution is -2.44. The summed E-state index contributed by atoms with van der Waals surface area (Å²) >= 11 is 0. The highest BCUT2D eigenvalue weighted by atomic mass is 32.2. The number of halogens is 3. The van der Waals surface area contributed by atoms with Crippen LogP contribution in [0.5, 0.6) is 0 Å². The molecule has 0 aliphatic carbocycles. The van der Waals surface area contributed by atoms with Crippen molar-refractivity contribution in [2.24, 2.45) is 5.73 Å². The van der Waals surface area contributed by atoms with E-state index in [2.05, 4.69) is 0 Å². The third-order valence-electron chi connectivity index (χ3n) is 1.31. The van der Waals surface area contributed by atoms with Crippen molar-refractivity contribution >= 4 is 10.2 Å². The quantitative estimate of drug-likeness (QED) is 0.660. The summed E-state index contributed by atoms with van der Waals surface area (Å²) in [6, 6.07) is 0. The van der Waals surface area contributed by atoms with Crippen LogP contribution in [-0.2, 0) is 10.2 Å². The zero-order valence-electron chi connectivity index (χ0n) is 7.50. The maximum atomic E-state index is 11.7. The van der Waals surface area contributed by atoms with E-state index in [9.17, 15) is 21.6 Å². The highest BCUT2D eigenvalue weighted by molar-refractivity contribution is 7.87. The summed E-state index contributed by atoms with van der Waals surface area (Å²) < 4.78 is 59.2. The number of alkyl halides is 3. The summed E-state index contributed by atoms with van der Waals surface area (Å²) in [4.78, 5) is 0. The molecule has 5 nitrogen and oxygen atoms in total. The van der Waals surface area contributed by atoms with Crippen molar-refractivity contribution in [2.45, 2.75) is 6.18 Å². The molecule has 0 spiro atoms. The third kappa shape index (κ3) is 5.37. The van der Waals surface area contributed by atoms with E-state index in [-0.39, 0.29) is 13.1 Å². The highest BCUT2D eigenvalue weighted by Gasteiger charge is 2.30. The molecule has 0 fully saturated rings. The molecule has 86 valence electrons. The van der Waals surface area contributed by atoms with Gasteiger partial charge in [-0.25, -0.2) is 0 Å². The smallest absolute Gasteiger partial charge is 0.329 e. The minimum atomic E-state index is -4.56. The van der Waals surface area contributed by atoms with Crippen LogP contribution in [0.3, 0.4) is 0 Å². The summed E-state index contributed by atoms with van der Waals surface area (Å²) in [5.41, 5.74) is 5.05. The molecule has 0 saturated heterocycles. The Morgan fingerprint density at radius 3 is 2.29 bits per heavy atom. The summed E-state index contributed by atoms with van der Waals surface area (Å²) in [7, 11) is -2.93. The Labute approximate surface area is 80.2 Å². The molecule has 9 heteroatoms. The van der Waals surface area contributed by atoms with E-state index in [0.29, 0.717) is 0 Å². The maximum absolute atomic E-state index is 11.7. The Morgan fingerprint density at radius 2 is 1.93 bits per heavy atom. The number of nitrogens with two attached hydrogens (primary N) is 1. The summed E-state index contributed by atoms with van der Waals surface area (Å²) in [6.07, 6.45) is -4.56. The van der Waals surface area contributed by atoms with Crippen LogP contribution >= 0.6 is 0 Å². The molecule has 0 rings (SSSR count). The van der Waals surface area contributed by atoms with Gasteiger partial charge in [0.15, 0.2) is 0 Å². The van der Waals surface area contributed by atoms with Gasteiger partial charge in [-0.2, -0.15) is 30.6 Å². The van der Waals surface area contributed by atoms with Gasteiger partial charge in [0.05, 0.1) is 0 Å². The molecule has 0 saturated carbocycles. The van der Waals surface area contributed by atoms with E-state index in [1.165, 1.54) is 4.72 Å². The van der Waals surface area contributed by atoms with Gasteiger partial charge in [0, 0.05) is 20.1 Å². The van der Waals surface area contributed by atoms with Crippen LogP contribution in [-0.4, -0.2) is 45.6 Å². The first kappa shape index (κ1) is 13.6. The molecule has 0 aromatic heterocycles. The number of hydrogen-bond acceptors (Lipinski definition) is 3. The van der Waals surface area contributed by atoms with Crippen molar-refractivity contribution in [3.8, 4) is 0 Å². The van der Waals surface area contributed by atoms with Crippen LogP contribution in [0.2, 0.25) is 0 Å². The molecule has 0 atom stereocenters. The molecule has 0 aromatic rings. The number of nitrogens with one attached hydrogen (secondary N) is 1. The molecule has 0 aromatic carbocycles. The van der Waals surface area contributed by atoms with Gasteiger partial charge in [0.2, 0.25) is 0 Å². The van der Waals surface area contributed by atoms with Gasteiger partial charge in [0.1, 0.15) is 6.54 Å². The minimum Gasteiger partial charge on any atom is -0.329 e. The lowest BCUT2D eigenvalue weighted by Gasteiger charge is -2.17. The topological polar surface area (TPSA) is 75.4 Å². The van der Waals surface area contributed by atoms with Crippen LogP contribution in [0.15, 0.2) is 0 Å². The molecular weight excluding hydrogens is 223 g/mol. The molecule has 14 heavy (non-hydrogen) atoms. The highest BCUT2D eigenvalue weighted by Crippen LogP contribution is 2.12. The minimum absolute atomic E-state index is 0.0345. The van der Waals surface area contributed by atoms with Gasteiger partial charge in [-0.1, -0.05) is 0 Å². The first-order valence-electron chi connectivity index (χ1n) is 3.67. The molecular formula is C5H12F3N3O2S. The zero-order valence-corrected chi connectivity index (χ0v) is 8.32. The monoisotopic (exact) mass is 235 g/mol. The van der Waals surface area contributed by atoms with E-state index in [1.54, 1.807) is 0 Å². The summed E-state index contributed by atoms with van der Waals surface area (Å²) in [6.45, 7) is -1.57. The van der Waals surface area contributed by atoms with Crippen molar-refractivity contribution in [2.75, 3.05) is 26.7 Å². The Morgan fingerprint density at radius 1 is 1.43 bits per heavy atom. The standard InChI is InChI=1S/C5H12F3N3O2S/c1-11(3-2-9)14(12,13)10-4-5(6,7)8/h10H,2-4,9H2,1H3. The normalized spacial score (nSPS) is 13.6. The van der Waals surface area contributed by atoms with Gasteiger partial charge < -0.3 is 5.73 Å². The third-order valence-corrected chi connectivity index (χ3v) is 2.82. The van der Waals surface area contributed by atoms with E-state index >= 15 is 0 Å². The lowest BCUT2D eigenvalue weighted by atomic mass is 10.7. The van der Waals surface area contributed by atoms with Crippen molar-refractivity contribution in [3.05, 3.63) is 0 Å². The number of hydrogen-bond donors (Lipinski definition) is 2. The lowest BCUT2D eigenvalue weighted by molar-refractivity contribution is -0.121. The Bertz CT molecular complexity index is 264. The van der Waals surface area contributed by atoms with E-state index in [0.717, 1.165) is 11.4 Å². The van der Waals surface area contributed by atoms with Crippen LogP contribution in [0, 0.1) is 0 Å².